The van der Waals surface area contributed by atoms with Gasteiger partial charge in [0.15, 0.2) is 0 Å². The van der Waals surface area contributed by atoms with Crippen molar-refractivity contribution < 1.29 is 24.3 Å². The Balaban J connectivity index is 1.32. The van der Waals surface area contributed by atoms with Crippen molar-refractivity contribution in [1.82, 2.24) is 30.0 Å². The minimum Gasteiger partial charge on any atom is -0.508 e. The van der Waals surface area contributed by atoms with Gasteiger partial charge in [-0.2, -0.15) is 0 Å². The van der Waals surface area contributed by atoms with Crippen LogP contribution in [0.4, 0.5) is 4.79 Å². The number of piperazine rings is 1. The van der Waals surface area contributed by atoms with Gasteiger partial charge in [-0.1, -0.05) is 72.8 Å². The normalized spacial score (nSPS) is 19.6. The smallest absolute Gasteiger partial charge is 0.334 e. The molecule has 3 aliphatic heterocycles. The van der Waals surface area contributed by atoms with Crippen LogP contribution in [0.3, 0.4) is 0 Å². The SMILES string of the molecule is C=CCN1CC(=O)N2[C@@H](Cc3ccc(O)cc3)C(=O)N(Cc3cccc(C(=O)N4CC=CC4)c3)C[C@@H]2N1C(=O)NCc1ccccc1. The van der Waals surface area contributed by atoms with Crippen LogP contribution in [0.2, 0.25) is 0 Å². The monoisotopic (exact) mass is 634 g/mol. The molecule has 0 spiro atoms. The predicted molar refractivity (Wildman–Crippen MR) is 175 cm³/mol. The number of nitrogens with zero attached hydrogens (tertiary/aromatic N) is 5. The van der Waals surface area contributed by atoms with Crippen LogP contribution in [0.25, 0.3) is 0 Å². The van der Waals surface area contributed by atoms with E-state index in [2.05, 4.69) is 11.9 Å². The predicted octanol–water partition coefficient (Wildman–Crippen LogP) is 3.14. The molecule has 2 saturated heterocycles. The number of phenols is 1. The van der Waals surface area contributed by atoms with Gasteiger partial charge < -0.3 is 25.1 Å². The molecule has 47 heavy (non-hydrogen) atoms. The van der Waals surface area contributed by atoms with E-state index in [1.165, 1.54) is 9.91 Å². The highest BCUT2D eigenvalue weighted by Crippen LogP contribution is 2.30. The quantitative estimate of drug-likeness (QED) is 0.350. The van der Waals surface area contributed by atoms with Crippen LogP contribution in [0.1, 0.15) is 27.0 Å². The van der Waals surface area contributed by atoms with Crippen LogP contribution < -0.4 is 5.32 Å². The first kappa shape index (κ1) is 31.6. The topological polar surface area (TPSA) is 117 Å². The van der Waals surface area contributed by atoms with Gasteiger partial charge in [-0.25, -0.2) is 14.8 Å². The first-order valence-corrected chi connectivity index (χ1v) is 15.7. The summed E-state index contributed by atoms with van der Waals surface area (Å²) in [5, 5.41) is 16.0. The molecule has 3 aromatic carbocycles. The summed E-state index contributed by atoms with van der Waals surface area (Å²) in [6, 6.07) is 22.0. The molecule has 0 bridgehead atoms. The molecule has 0 radical (unpaired) electrons. The number of benzene rings is 3. The maximum Gasteiger partial charge on any atom is 0.334 e. The zero-order chi connectivity index (χ0) is 32.9. The first-order valence-electron chi connectivity index (χ1n) is 15.7. The van der Waals surface area contributed by atoms with Gasteiger partial charge in [-0.15, -0.1) is 6.58 Å². The number of urea groups is 1. The fourth-order valence-corrected chi connectivity index (χ4v) is 6.40. The lowest BCUT2D eigenvalue weighted by atomic mass is 9.98. The highest BCUT2D eigenvalue weighted by atomic mass is 16.3. The molecule has 11 nitrogen and oxygen atoms in total. The van der Waals surface area contributed by atoms with Gasteiger partial charge in [0, 0.05) is 44.7 Å². The Morgan fingerprint density at radius 1 is 0.915 bits per heavy atom. The van der Waals surface area contributed by atoms with E-state index in [9.17, 15) is 24.3 Å². The van der Waals surface area contributed by atoms with Crippen LogP contribution in [0.15, 0.2) is 104 Å². The summed E-state index contributed by atoms with van der Waals surface area (Å²) in [6.07, 6.45) is 4.94. The molecule has 0 unspecified atom stereocenters. The molecular formula is C36H38N6O5. The maximum absolute atomic E-state index is 14.3. The van der Waals surface area contributed by atoms with Crippen LogP contribution in [-0.2, 0) is 29.1 Å². The molecule has 242 valence electrons. The summed E-state index contributed by atoms with van der Waals surface area (Å²) in [5.41, 5.74) is 2.98. The van der Waals surface area contributed by atoms with E-state index in [1.807, 2.05) is 48.6 Å². The summed E-state index contributed by atoms with van der Waals surface area (Å²) in [5.74, 6) is -0.521. The number of aromatic hydroxyl groups is 1. The molecule has 3 aliphatic rings. The van der Waals surface area contributed by atoms with Crippen molar-refractivity contribution in [3.8, 4) is 5.75 Å². The molecule has 2 atom stereocenters. The Morgan fingerprint density at radius 3 is 2.36 bits per heavy atom. The minimum absolute atomic E-state index is 0.0667. The van der Waals surface area contributed by atoms with Crippen molar-refractivity contribution in [1.29, 1.82) is 0 Å². The molecule has 5 amide bonds. The number of hydrazine groups is 1. The Morgan fingerprint density at radius 2 is 1.64 bits per heavy atom. The van der Waals surface area contributed by atoms with Crippen molar-refractivity contribution in [2.45, 2.75) is 31.7 Å². The fourth-order valence-electron chi connectivity index (χ4n) is 6.40. The zero-order valence-corrected chi connectivity index (χ0v) is 26.1. The van der Waals surface area contributed by atoms with Gasteiger partial charge in [0.05, 0.1) is 13.1 Å². The van der Waals surface area contributed by atoms with Gasteiger partial charge in [0.25, 0.3) is 5.91 Å². The number of fused-ring (bicyclic) bond motifs is 1. The van der Waals surface area contributed by atoms with E-state index >= 15 is 0 Å². The first-order chi connectivity index (χ1) is 22.8. The molecule has 2 fully saturated rings. The van der Waals surface area contributed by atoms with Gasteiger partial charge in [-0.3, -0.25) is 14.4 Å². The molecule has 0 aliphatic carbocycles. The number of rotatable bonds is 9. The van der Waals surface area contributed by atoms with E-state index in [4.69, 9.17) is 0 Å². The Hall–Kier alpha value is -5.42. The fraction of sp³-hybridized carbons (Fsp3) is 0.278. The number of carbonyl (C=O) groups is 4. The molecule has 2 N–H and O–H groups in total. The number of phenolic OH excluding ortho intramolecular Hbond substituents is 1. The van der Waals surface area contributed by atoms with Crippen molar-refractivity contribution in [2.24, 2.45) is 0 Å². The third-order valence-electron chi connectivity index (χ3n) is 8.68. The Kier molecular flexibility index (Phi) is 9.35. The second kappa shape index (κ2) is 13.9. The molecular weight excluding hydrogens is 596 g/mol. The third-order valence-corrected chi connectivity index (χ3v) is 8.68. The number of carbonyl (C=O) groups excluding carboxylic acids is 4. The lowest BCUT2D eigenvalue weighted by molar-refractivity contribution is -0.189. The minimum atomic E-state index is -0.901. The number of hydrogen-bond donors (Lipinski definition) is 2. The maximum atomic E-state index is 14.3. The second-order valence-electron chi connectivity index (χ2n) is 11.9. The van der Waals surface area contributed by atoms with E-state index in [1.54, 1.807) is 63.3 Å². The average molecular weight is 635 g/mol. The summed E-state index contributed by atoms with van der Waals surface area (Å²) in [7, 11) is 0. The summed E-state index contributed by atoms with van der Waals surface area (Å²) in [4.78, 5) is 60.1. The lowest BCUT2D eigenvalue weighted by Gasteiger charge is -2.55. The van der Waals surface area contributed by atoms with Crippen molar-refractivity contribution in [2.75, 3.05) is 32.7 Å². The molecule has 3 aromatic rings. The highest BCUT2D eigenvalue weighted by molar-refractivity contribution is 5.95. The summed E-state index contributed by atoms with van der Waals surface area (Å²) in [6.45, 7) is 5.64. The summed E-state index contributed by atoms with van der Waals surface area (Å²) < 4.78 is 0. The van der Waals surface area contributed by atoms with Crippen LogP contribution >= 0.6 is 0 Å². The average Bonchev–Trinajstić information content (AvgIpc) is 3.62. The van der Waals surface area contributed by atoms with Gasteiger partial charge >= 0.3 is 6.03 Å². The molecule has 0 aromatic heterocycles. The van der Waals surface area contributed by atoms with Crippen molar-refractivity contribution in [3.63, 3.8) is 0 Å². The number of amides is 5. The van der Waals surface area contributed by atoms with E-state index in [-0.39, 0.29) is 62.6 Å². The zero-order valence-electron chi connectivity index (χ0n) is 26.1. The molecule has 11 heteroatoms. The molecule has 3 heterocycles. The van der Waals surface area contributed by atoms with Gasteiger partial charge in [-0.05, 0) is 41.0 Å². The number of hydrogen-bond acceptors (Lipinski definition) is 6. The van der Waals surface area contributed by atoms with Crippen LogP contribution in [0, 0.1) is 0 Å². The van der Waals surface area contributed by atoms with Crippen LogP contribution in [0.5, 0.6) is 5.75 Å². The van der Waals surface area contributed by atoms with Crippen LogP contribution in [-0.4, -0.2) is 98.5 Å². The summed E-state index contributed by atoms with van der Waals surface area (Å²) >= 11 is 0. The van der Waals surface area contributed by atoms with E-state index in [0.717, 1.165) is 16.7 Å². The molecule has 0 saturated carbocycles. The number of nitrogens with one attached hydrogen (secondary N) is 1. The molecule has 6 rings (SSSR count). The largest absolute Gasteiger partial charge is 0.508 e. The van der Waals surface area contributed by atoms with Gasteiger partial charge in [0.2, 0.25) is 11.8 Å². The van der Waals surface area contributed by atoms with Crippen molar-refractivity contribution in [3.05, 3.63) is 126 Å². The van der Waals surface area contributed by atoms with E-state index in [0.29, 0.717) is 18.7 Å². The van der Waals surface area contributed by atoms with E-state index < -0.39 is 18.2 Å². The highest BCUT2D eigenvalue weighted by Gasteiger charge is 2.51. The third kappa shape index (κ3) is 6.90. The lowest BCUT2D eigenvalue weighted by Crippen LogP contribution is -2.76. The Bertz CT molecular complexity index is 1670. The van der Waals surface area contributed by atoms with Crippen molar-refractivity contribution >= 4 is 23.8 Å². The van der Waals surface area contributed by atoms with Gasteiger partial charge in [0.1, 0.15) is 18.0 Å². The second-order valence-corrected chi connectivity index (χ2v) is 11.9. The standard InChI is InChI=1S/C36H38N6O5/c1-2-17-40-25-33(44)41-31(21-26-13-15-30(43)16-14-26)35(46)39(23-28-11-8-12-29(20-28)34(45)38-18-6-7-19-38)24-32(41)42(40)36(47)37-22-27-9-4-3-5-10-27/h2-16,20,31-32,43H,1,17-19,21-25H2,(H,37,47)/t31-,32-/m0/s1. The Labute approximate surface area is 273 Å².